The van der Waals surface area contributed by atoms with E-state index >= 15 is 0 Å². The summed E-state index contributed by atoms with van der Waals surface area (Å²) in [5.74, 6) is 1.79. The van der Waals surface area contributed by atoms with E-state index in [0.29, 0.717) is 17.7 Å². The minimum absolute atomic E-state index is 0.129. The van der Waals surface area contributed by atoms with Gasteiger partial charge in [-0.1, -0.05) is 24.8 Å². The second kappa shape index (κ2) is 8.59. The van der Waals surface area contributed by atoms with Crippen molar-refractivity contribution in [3.63, 3.8) is 0 Å². The fraction of sp³-hybridized carbons (Fsp3) is 0.474. The molecule has 4 heterocycles. The number of aromatic nitrogens is 4. The minimum atomic E-state index is -0.129. The molecule has 0 atom stereocenters. The fourth-order valence-corrected chi connectivity index (χ4v) is 4.60. The van der Waals surface area contributed by atoms with Crippen LogP contribution in [0.4, 0.5) is 5.82 Å². The maximum atomic E-state index is 12.6. The van der Waals surface area contributed by atoms with Crippen molar-refractivity contribution in [3.8, 4) is 0 Å². The molecule has 0 saturated carbocycles. The van der Waals surface area contributed by atoms with Crippen LogP contribution in [0.3, 0.4) is 0 Å². The predicted octanol–water partition coefficient (Wildman–Crippen LogP) is 2.55. The van der Waals surface area contributed by atoms with E-state index in [1.54, 1.807) is 27.7 Å². The number of rotatable bonds is 6. The number of piperazine rings is 1. The minimum Gasteiger partial charge on any atom is -0.352 e. The van der Waals surface area contributed by atoms with E-state index in [-0.39, 0.29) is 5.56 Å². The lowest BCUT2D eigenvalue weighted by molar-refractivity contribution is 0.312. The van der Waals surface area contributed by atoms with Crippen LogP contribution in [0.15, 0.2) is 33.7 Å². The Morgan fingerprint density at radius 1 is 1.21 bits per heavy atom. The summed E-state index contributed by atoms with van der Waals surface area (Å²) in [5, 5.41) is 2.74. The van der Waals surface area contributed by atoms with E-state index in [1.165, 1.54) is 6.20 Å². The highest BCUT2D eigenvalue weighted by molar-refractivity contribution is 7.99. The molecule has 0 amide bonds. The SMILES string of the molecule is CCCSc1nc(N2CCN(C)CC2)c2ncc(=O)n(Cc3cccs3)c2n1. The highest BCUT2D eigenvalue weighted by Crippen LogP contribution is 2.26. The molecule has 0 bridgehead atoms. The first-order chi connectivity index (χ1) is 13.7. The molecule has 0 unspecified atom stereocenters. The largest absolute Gasteiger partial charge is 0.352 e. The molecule has 1 aliphatic heterocycles. The molecule has 0 aromatic carbocycles. The second-order valence-corrected chi connectivity index (χ2v) is 9.00. The Labute approximate surface area is 172 Å². The standard InChI is InChI=1S/C19H24N6OS2/c1-3-10-28-19-21-17(24-8-6-23(2)7-9-24)16-18(22-19)25(15(26)12-20-16)13-14-5-4-11-27-14/h4-5,11-12H,3,6-10,13H2,1-2H3. The van der Waals surface area contributed by atoms with E-state index in [1.807, 2.05) is 17.5 Å². The van der Waals surface area contributed by atoms with Crippen LogP contribution < -0.4 is 10.5 Å². The van der Waals surface area contributed by atoms with Gasteiger partial charge in [0, 0.05) is 36.8 Å². The van der Waals surface area contributed by atoms with E-state index < -0.39 is 0 Å². The van der Waals surface area contributed by atoms with Crippen molar-refractivity contribution in [2.45, 2.75) is 25.0 Å². The average Bonchev–Trinajstić information content (AvgIpc) is 3.22. The first-order valence-corrected chi connectivity index (χ1v) is 11.4. The van der Waals surface area contributed by atoms with Crippen LogP contribution in [-0.4, -0.2) is 63.4 Å². The Kier molecular flexibility index (Phi) is 5.93. The van der Waals surface area contributed by atoms with Crippen LogP contribution in [0.2, 0.25) is 0 Å². The van der Waals surface area contributed by atoms with Gasteiger partial charge in [0.1, 0.15) is 5.52 Å². The van der Waals surface area contributed by atoms with Crippen molar-refractivity contribution < 1.29 is 0 Å². The number of anilines is 1. The summed E-state index contributed by atoms with van der Waals surface area (Å²) in [6, 6.07) is 4.04. The molecule has 3 aromatic rings. The maximum absolute atomic E-state index is 12.6. The molecule has 3 aromatic heterocycles. The topological polar surface area (TPSA) is 67.2 Å². The second-order valence-electron chi connectivity index (χ2n) is 6.90. The highest BCUT2D eigenvalue weighted by atomic mass is 32.2. The molecule has 148 valence electrons. The van der Waals surface area contributed by atoms with Crippen LogP contribution in [0, 0.1) is 0 Å². The van der Waals surface area contributed by atoms with E-state index in [0.717, 1.165) is 54.2 Å². The van der Waals surface area contributed by atoms with Gasteiger partial charge in [0.2, 0.25) is 0 Å². The van der Waals surface area contributed by atoms with E-state index in [4.69, 9.17) is 9.97 Å². The lowest BCUT2D eigenvalue weighted by Gasteiger charge is -2.33. The number of nitrogens with zero attached hydrogens (tertiary/aromatic N) is 6. The van der Waals surface area contributed by atoms with Crippen LogP contribution in [0.1, 0.15) is 18.2 Å². The van der Waals surface area contributed by atoms with Gasteiger partial charge in [0.25, 0.3) is 5.56 Å². The van der Waals surface area contributed by atoms with Gasteiger partial charge in [-0.25, -0.2) is 15.0 Å². The molecule has 1 saturated heterocycles. The number of thiophene rings is 1. The third kappa shape index (κ3) is 4.06. The van der Waals surface area contributed by atoms with Crippen LogP contribution >= 0.6 is 23.1 Å². The summed E-state index contributed by atoms with van der Waals surface area (Å²) in [7, 11) is 2.13. The number of fused-ring (bicyclic) bond motifs is 1. The Balaban J connectivity index is 1.84. The van der Waals surface area contributed by atoms with Crippen molar-refractivity contribution in [2.24, 2.45) is 0 Å². The summed E-state index contributed by atoms with van der Waals surface area (Å²) < 4.78 is 1.73. The van der Waals surface area contributed by atoms with E-state index in [2.05, 4.69) is 28.8 Å². The van der Waals surface area contributed by atoms with E-state index in [9.17, 15) is 4.79 Å². The zero-order valence-electron chi connectivity index (χ0n) is 16.2. The van der Waals surface area contributed by atoms with Crippen molar-refractivity contribution >= 4 is 40.1 Å². The highest BCUT2D eigenvalue weighted by Gasteiger charge is 2.22. The summed E-state index contributed by atoms with van der Waals surface area (Å²) in [6.07, 6.45) is 2.45. The van der Waals surface area contributed by atoms with Gasteiger partial charge in [0.15, 0.2) is 16.6 Å². The molecular weight excluding hydrogens is 392 g/mol. The Bertz CT molecular complexity index is 996. The van der Waals surface area contributed by atoms with Gasteiger partial charge in [-0.3, -0.25) is 9.36 Å². The lowest BCUT2D eigenvalue weighted by Crippen LogP contribution is -2.45. The molecular formula is C19H24N6OS2. The van der Waals surface area contributed by atoms with Crippen LogP contribution in [0.25, 0.3) is 11.2 Å². The lowest BCUT2D eigenvalue weighted by atomic mass is 10.3. The predicted molar refractivity (Wildman–Crippen MR) is 116 cm³/mol. The van der Waals surface area contributed by atoms with Crippen molar-refractivity contribution in [2.75, 3.05) is 43.9 Å². The molecule has 4 rings (SSSR count). The molecule has 9 heteroatoms. The smallest absolute Gasteiger partial charge is 0.271 e. The van der Waals surface area contributed by atoms with Gasteiger partial charge < -0.3 is 9.80 Å². The quantitative estimate of drug-likeness (QED) is 0.452. The number of hydrogen-bond acceptors (Lipinski definition) is 8. The number of thioether (sulfide) groups is 1. The van der Waals surface area contributed by atoms with Crippen molar-refractivity contribution in [1.82, 2.24) is 24.4 Å². The molecule has 1 fully saturated rings. The fourth-order valence-electron chi connectivity index (χ4n) is 3.22. The van der Waals surface area contributed by atoms with Crippen LogP contribution in [-0.2, 0) is 6.54 Å². The van der Waals surface area contributed by atoms with Crippen LogP contribution in [0.5, 0.6) is 0 Å². The van der Waals surface area contributed by atoms with Crippen molar-refractivity contribution in [3.05, 3.63) is 38.9 Å². The molecule has 28 heavy (non-hydrogen) atoms. The summed E-state index contributed by atoms with van der Waals surface area (Å²) >= 11 is 3.28. The van der Waals surface area contributed by atoms with Gasteiger partial charge in [-0.05, 0) is 24.9 Å². The molecule has 0 aliphatic carbocycles. The van der Waals surface area contributed by atoms with Gasteiger partial charge in [0.05, 0.1) is 12.7 Å². The Morgan fingerprint density at radius 3 is 2.75 bits per heavy atom. The normalized spacial score (nSPS) is 15.4. The molecule has 0 spiro atoms. The third-order valence-electron chi connectivity index (χ3n) is 4.78. The number of likely N-dealkylation sites (N-methyl/N-ethyl adjacent to an activating group) is 1. The molecule has 1 aliphatic rings. The summed E-state index contributed by atoms with van der Waals surface area (Å²) in [4.78, 5) is 32.4. The summed E-state index contributed by atoms with van der Waals surface area (Å²) in [6.45, 7) is 6.41. The molecule has 7 nitrogen and oxygen atoms in total. The average molecular weight is 417 g/mol. The van der Waals surface area contributed by atoms with Gasteiger partial charge in [-0.15, -0.1) is 11.3 Å². The first kappa shape index (κ1) is 19.4. The molecule has 0 radical (unpaired) electrons. The third-order valence-corrected chi connectivity index (χ3v) is 6.70. The van der Waals surface area contributed by atoms with Crippen molar-refractivity contribution in [1.29, 1.82) is 0 Å². The Morgan fingerprint density at radius 2 is 2.04 bits per heavy atom. The zero-order valence-corrected chi connectivity index (χ0v) is 17.8. The number of hydrogen-bond donors (Lipinski definition) is 0. The monoisotopic (exact) mass is 416 g/mol. The Hall–Kier alpha value is -1.97. The van der Waals surface area contributed by atoms with Gasteiger partial charge in [-0.2, -0.15) is 0 Å². The molecule has 0 N–H and O–H groups in total. The summed E-state index contributed by atoms with van der Waals surface area (Å²) in [5.41, 5.74) is 1.21. The maximum Gasteiger partial charge on any atom is 0.271 e. The van der Waals surface area contributed by atoms with Gasteiger partial charge >= 0.3 is 0 Å². The zero-order chi connectivity index (χ0) is 19.5. The first-order valence-electron chi connectivity index (χ1n) is 9.52.